The van der Waals surface area contributed by atoms with Gasteiger partial charge in [-0.1, -0.05) is 12.1 Å². The number of carboxylic acids is 1. The molecule has 0 amide bonds. The van der Waals surface area contributed by atoms with Crippen LogP contribution in [0.5, 0.6) is 0 Å². The molecule has 0 aliphatic carbocycles. The van der Waals surface area contributed by atoms with Gasteiger partial charge in [0, 0.05) is 5.69 Å². The number of hydrogen-bond donors (Lipinski definition) is 4. The minimum absolute atomic E-state index is 0.0491. The molecular weight excluding hydrogens is 208 g/mol. The van der Waals surface area contributed by atoms with Gasteiger partial charge in [-0.2, -0.15) is 0 Å². The fourth-order valence-electron chi connectivity index (χ4n) is 1.09. The van der Waals surface area contributed by atoms with Gasteiger partial charge < -0.3 is 21.9 Å². The van der Waals surface area contributed by atoms with Crippen LogP contribution in [-0.4, -0.2) is 23.6 Å². The van der Waals surface area contributed by atoms with E-state index in [4.69, 9.17) is 16.6 Å². The monoisotopic (exact) mass is 222 g/mol. The van der Waals surface area contributed by atoms with Gasteiger partial charge in [0.15, 0.2) is 5.96 Å². The summed E-state index contributed by atoms with van der Waals surface area (Å²) in [5, 5.41) is 11.2. The Morgan fingerprint density at radius 1 is 1.31 bits per heavy atom. The number of carboxylic acid groups (broad SMARTS) is 1. The molecule has 0 atom stereocenters. The molecule has 0 saturated carbocycles. The van der Waals surface area contributed by atoms with E-state index in [9.17, 15) is 4.79 Å². The lowest BCUT2D eigenvalue weighted by atomic mass is 10.2. The van der Waals surface area contributed by atoms with Crippen LogP contribution in [0.25, 0.3) is 0 Å². The molecule has 0 heterocycles. The van der Waals surface area contributed by atoms with Crippen molar-refractivity contribution in [3.05, 3.63) is 29.8 Å². The summed E-state index contributed by atoms with van der Waals surface area (Å²) in [7, 11) is 0. The largest absolute Gasteiger partial charge is 0.480 e. The molecule has 6 nitrogen and oxygen atoms in total. The number of hydrogen-bond acceptors (Lipinski definition) is 3. The van der Waals surface area contributed by atoms with Crippen LogP contribution in [0.15, 0.2) is 29.3 Å². The third-order valence-electron chi connectivity index (χ3n) is 1.84. The lowest BCUT2D eigenvalue weighted by Crippen LogP contribution is -2.22. The van der Waals surface area contributed by atoms with E-state index < -0.39 is 5.97 Å². The van der Waals surface area contributed by atoms with Crippen LogP contribution in [0.1, 0.15) is 5.56 Å². The van der Waals surface area contributed by atoms with Gasteiger partial charge in [-0.3, -0.25) is 4.79 Å². The molecule has 0 aromatic heterocycles. The molecule has 1 aromatic carbocycles. The average molecular weight is 222 g/mol. The van der Waals surface area contributed by atoms with Gasteiger partial charge in [0.1, 0.15) is 6.54 Å². The Morgan fingerprint density at radius 3 is 2.44 bits per heavy atom. The molecule has 1 rings (SSSR count). The summed E-state index contributed by atoms with van der Waals surface area (Å²) in [5.41, 5.74) is 12.1. The van der Waals surface area contributed by atoms with Crippen LogP contribution >= 0.6 is 0 Å². The van der Waals surface area contributed by atoms with Gasteiger partial charge in [-0.25, -0.2) is 4.99 Å². The summed E-state index contributed by atoms with van der Waals surface area (Å²) < 4.78 is 0. The van der Waals surface area contributed by atoms with E-state index in [1.54, 1.807) is 12.1 Å². The lowest BCUT2D eigenvalue weighted by Gasteiger charge is -2.04. The van der Waals surface area contributed by atoms with Gasteiger partial charge in [0.05, 0.1) is 6.54 Å². The molecule has 0 spiro atoms. The maximum atomic E-state index is 10.3. The molecule has 0 fully saturated rings. The lowest BCUT2D eigenvalue weighted by molar-refractivity contribution is -0.134. The van der Waals surface area contributed by atoms with Crippen molar-refractivity contribution in [3.8, 4) is 0 Å². The first-order chi connectivity index (χ1) is 7.58. The Labute approximate surface area is 93.0 Å². The van der Waals surface area contributed by atoms with Crippen molar-refractivity contribution in [1.29, 1.82) is 0 Å². The summed E-state index contributed by atoms with van der Waals surface area (Å²) in [4.78, 5) is 14.2. The van der Waals surface area contributed by atoms with E-state index >= 15 is 0 Å². The van der Waals surface area contributed by atoms with Crippen LogP contribution in [0.2, 0.25) is 0 Å². The maximum absolute atomic E-state index is 10.3. The number of carbonyl (C=O) groups is 1. The van der Waals surface area contributed by atoms with Gasteiger partial charge in [0.2, 0.25) is 0 Å². The summed E-state index contributed by atoms with van der Waals surface area (Å²) >= 11 is 0. The van der Waals surface area contributed by atoms with Crippen LogP contribution < -0.4 is 16.8 Å². The van der Waals surface area contributed by atoms with Crippen molar-refractivity contribution < 1.29 is 9.90 Å². The molecule has 1 aromatic rings. The molecule has 0 aliphatic heterocycles. The number of benzene rings is 1. The Morgan fingerprint density at radius 2 is 1.94 bits per heavy atom. The zero-order valence-corrected chi connectivity index (χ0v) is 8.68. The Hall–Kier alpha value is -2.24. The van der Waals surface area contributed by atoms with Gasteiger partial charge in [-0.05, 0) is 17.7 Å². The van der Waals surface area contributed by atoms with E-state index in [2.05, 4.69) is 10.3 Å². The smallest absolute Gasteiger partial charge is 0.322 e. The standard InChI is InChI=1S/C10H14N4O2/c11-10(12)14-5-7-1-3-8(4-2-7)13-6-9(15)16/h1-4,13H,5-6H2,(H,15,16)(H4,11,12,14). The van der Waals surface area contributed by atoms with Crippen LogP contribution in [0, 0.1) is 0 Å². The van der Waals surface area contributed by atoms with E-state index in [1.807, 2.05) is 12.1 Å². The molecule has 86 valence electrons. The molecule has 0 unspecified atom stereocenters. The topological polar surface area (TPSA) is 114 Å². The predicted molar refractivity (Wildman–Crippen MR) is 62.1 cm³/mol. The van der Waals surface area contributed by atoms with E-state index in [-0.39, 0.29) is 12.5 Å². The molecule has 0 radical (unpaired) electrons. The molecule has 6 heteroatoms. The molecule has 6 N–H and O–H groups in total. The van der Waals surface area contributed by atoms with E-state index in [0.29, 0.717) is 6.54 Å². The summed E-state index contributed by atoms with van der Waals surface area (Å²) in [6.07, 6.45) is 0. The minimum atomic E-state index is -0.899. The van der Waals surface area contributed by atoms with Crippen molar-refractivity contribution >= 4 is 17.6 Å². The number of rotatable bonds is 5. The SMILES string of the molecule is NC(N)=NCc1ccc(NCC(=O)O)cc1. The fourth-order valence-corrected chi connectivity index (χ4v) is 1.09. The molecule has 16 heavy (non-hydrogen) atoms. The van der Waals surface area contributed by atoms with Gasteiger partial charge >= 0.3 is 5.97 Å². The third-order valence-corrected chi connectivity index (χ3v) is 1.84. The average Bonchev–Trinajstić information content (AvgIpc) is 2.25. The Balaban J connectivity index is 2.54. The first-order valence-corrected chi connectivity index (χ1v) is 4.68. The van der Waals surface area contributed by atoms with E-state index in [0.717, 1.165) is 11.3 Å². The number of nitrogens with one attached hydrogen (secondary N) is 1. The maximum Gasteiger partial charge on any atom is 0.322 e. The van der Waals surface area contributed by atoms with Crippen LogP contribution in [0.4, 0.5) is 5.69 Å². The van der Waals surface area contributed by atoms with Crippen LogP contribution in [-0.2, 0) is 11.3 Å². The highest BCUT2D eigenvalue weighted by molar-refractivity contribution is 5.75. The first-order valence-electron chi connectivity index (χ1n) is 4.68. The zero-order valence-electron chi connectivity index (χ0n) is 8.68. The molecular formula is C10H14N4O2. The normalized spacial score (nSPS) is 9.50. The zero-order chi connectivity index (χ0) is 12.0. The van der Waals surface area contributed by atoms with Crippen LogP contribution in [0.3, 0.4) is 0 Å². The fraction of sp³-hybridized carbons (Fsp3) is 0.200. The number of nitrogens with two attached hydrogens (primary N) is 2. The summed E-state index contributed by atoms with van der Waals surface area (Å²) in [6.45, 7) is 0.314. The minimum Gasteiger partial charge on any atom is -0.480 e. The highest BCUT2D eigenvalue weighted by atomic mass is 16.4. The molecule has 0 aliphatic rings. The number of nitrogens with zero attached hydrogens (tertiary/aromatic N) is 1. The highest BCUT2D eigenvalue weighted by Crippen LogP contribution is 2.09. The summed E-state index contributed by atoms with van der Waals surface area (Å²) in [6, 6.07) is 7.22. The number of aliphatic imine (C=N–C) groups is 1. The third kappa shape index (κ3) is 4.32. The van der Waals surface area contributed by atoms with Crippen molar-refractivity contribution in [2.45, 2.75) is 6.54 Å². The highest BCUT2D eigenvalue weighted by Gasteiger charge is 1.97. The molecule has 0 saturated heterocycles. The summed E-state index contributed by atoms with van der Waals surface area (Å²) in [5.74, 6) is -0.849. The molecule has 0 bridgehead atoms. The predicted octanol–water partition coefficient (Wildman–Crippen LogP) is -0.0435. The van der Waals surface area contributed by atoms with Crippen molar-refractivity contribution in [2.75, 3.05) is 11.9 Å². The second-order valence-corrected chi connectivity index (χ2v) is 3.19. The van der Waals surface area contributed by atoms with Gasteiger partial charge in [-0.15, -0.1) is 0 Å². The Kier molecular flexibility index (Phi) is 4.14. The van der Waals surface area contributed by atoms with E-state index in [1.165, 1.54) is 0 Å². The second kappa shape index (κ2) is 5.59. The van der Waals surface area contributed by atoms with Crippen molar-refractivity contribution in [2.24, 2.45) is 16.5 Å². The number of aliphatic carboxylic acids is 1. The van der Waals surface area contributed by atoms with Crippen molar-refractivity contribution in [1.82, 2.24) is 0 Å². The first kappa shape index (κ1) is 11.8. The van der Waals surface area contributed by atoms with Gasteiger partial charge in [0.25, 0.3) is 0 Å². The second-order valence-electron chi connectivity index (χ2n) is 3.19. The number of guanidine groups is 1. The Bertz CT molecular complexity index is 382. The van der Waals surface area contributed by atoms with Crippen molar-refractivity contribution in [3.63, 3.8) is 0 Å². The quantitative estimate of drug-likeness (QED) is 0.412. The number of anilines is 1.